The molecule has 5 nitrogen and oxygen atoms in total. The summed E-state index contributed by atoms with van der Waals surface area (Å²) in [5.74, 6) is 1.85. The van der Waals surface area contributed by atoms with Crippen LogP contribution in [0.25, 0.3) is 120 Å². The van der Waals surface area contributed by atoms with Gasteiger partial charge in [-0.3, -0.25) is 0 Å². The second-order valence-electron chi connectivity index (χ2n) is 16.0. The fourth-order valence-electron chi connectivity index (χ4n) is 9.48. The highest BCUT2D eigenvalue weighted by atomic mass is 32.1. The topological polar surface area (TPSA) is 48.5 Å². The first-order chi connectivity index (χ1) is 31.2. The van der Waals surface area contributed by atoms with E-state index in [1.165, 1.54) is 52.8 Å². The van der Waals surface area contributed by atoms with E-state index in [9.17, 15) is 0 Å². The van der Waals surface area contributed by atoms with Gasteiger partial charge in [-0.25, -0.2) is 15.0 Å². The fraction of sp³-hybridized carbons (Fsp3) is 0. The lowest BCUT2D eigenvalue weighted by molar-refractivity contribution is 1.06. The lowest BCUT2D eigenvalue weighted by Crippen LogP contribution is -2.04. The minimum Gasteiger partial charge on any atom is -0.309 e. The zero-order chi connectivity index (χ0) is 41.4. The third kappa shape index (κ3) is 5.73. The van der Waals surface area contributed by atoms with Gasteiger partial charge in [0.05, 0.1) is 27.8 Å². The molecule has 0 N–H and O–H groups in total. The number of hydrogen-bond donors (Lipinski definition) is 0. The van der Waals surface area contributed by atoms with E-state index in [4.69, 9.17) is 15.0 Å². The molecule has 63 heavy (non-hydrogen) atoms. The van der Waals surface area contributed by atoms with Crippen molar-refractivity contribution in [2.45, 2.75) is 0 Å². The molecule has 0 saturated carbocycles. The van der Waals surface area contributed by atoms with Gasteiger partial charge in [-0.05, 0) is 71.8 Å². The molecule has 0 saturated heterocycles. The summed E-state index contributed by atoms with van der Waals surface area (Å²) in [6, 6.07) is 75.7. The highest BCUT2D eigenvalue weighted by Gasteiger charge is 2.22. The van der Waals surface area contributed by atoms with E-state index in [2.05, 4.69) is 185 Å². The maximum Gasteiger partial charge on any atom is 0.166 e. The molecule has 0 aliphatic carbocycles. The predicted octanol–water partition coefficient (Wildman–Crippen LogP) is 15.1. The van der Waals surface area contributed by atoms with Crippen LogP contribution in [-0.2, 0) is 0 Å². The van der Waals surface area contributed by atoms with Crippen LogP contribution in [0.2, 0.25) is 0 Å². The average Bonchev–Trinajstić information content (AvgIpc) is 4.01. The first-order valence-electron chi connectivity index (χ1n) is 21.2. The molecule has 0 spiro atoms. The van der Waals surface area contributed by atoms with Crippen LogP contribution >= 0.6 is 11.3 Å². The maximum atomic E-state index is 5.34. The Morgan fingerprint density at radius 2 is 0.794 bits per heavy atom. The largest absolute Gasteiger partial charge is 0.309 e. The number of hydrogen-bond acceptors (Lipinski definition) is 4. The monoisotopic (exact) mass is 821 g/mol. The SMILES string of the molecule is c1ccc(-c2nc(-c3ccccc3)nc(-c3cc(-c4ccc5sc6ccccc6c5c4)ccc3-n3c4ccccc4c4ccc(-n5c6ccccc6c6ccccc65)cc43)n2)cc1. The van der Waals surface area contributed by atoms with Crippen LogP contribution in [-0.4, -0.2) is 24.1 Å². The Morgan fingerprint density at radius 1 is 0.302 bits per heavy atom. The van der Waals surface area contributed by atoms with E-state index in [1.54, 1.807) is 0 Å². The minimum absolute atomic E-state index is 0.603. The van der Waals surface area contributed by atoms with E-state index in [-0.39, 0.29) is 0 Å². The molecule has 6 heteroatoms. The Bertz CT molecular complexity index is 3810. The van der Waals surface area contributed by atoms with Crippen molar-refractivity contribution in [3.8, 4) is 56.7 Å². The normalized spacial score (nSPS) is 11.8. The Labute approximate surface area is 366 Å². The van der Waals surface area contributed by atoms with Crippen LogP contribution in [0.1, 0.15) is 0 Å². The van der Waals surface area contributed by atoms with Crippen LogP contribution in [0, 0.1) is 0 Å². The molecule has 0 fully saturated rings. The lowest BCUT2D eigenvalue weighted by Gasteiger charge is -2.17. The Hall–Kier alpha value is -8.19. The van der Waals surface area contributed by atoms with Gasteiger partial charge in [0, 0.05) is 64.1 Å². The van der Waals surface area contributed by atoms with Gasteiger partial charge in [0.15, 0.2) is 17.5 Å². The fourth-order valence-corrected chi connectivity index (χ4v) is 10.6. The highest BCUT2D eigenvalue weighted by Crippen LogP contribution is 2.42. The molecule has 294 valence electrons. The molecule has 0 atom stereocenters. The van der Waals surface area contributed by atoms with Gasteiger partial charge in [0.25, 0.3) is 0 Å². The lowest BCUT2D eigenvalue weighted by atomic mass is 9.99. The van der Waals surface area contributed by atoms with Gasteiger partial charge in [0.1, 0.15) is 0 Å². The standard InChI is InChI=1S/C57H35N5S/c1-3-15-36(16-4-1)55-58-56(37-17-5-2-6-18-37)60-57(59-55)47-34-38(39-28-32-54-46(33-39)45-22-10-14-26-53(45)63-54)27-31-51(47)62-50-25-13-9-21-43(50)44-30-29-40(35-52(44)62)61-48-23-11-7-19-41(48)42-20-8-12-24-49(42)61/h1-35H. The molecule has 4 heterocycles. The number of aromatic nitrogens is 5. The van der Waals surface area contributed by atoms with Crippen molar-refractivity contribution in [1.29, 1.82) is 0 Å². The summed E-state index contributed by atoms with van der Waals surface area (Å²) in [5.41, 5.74) is 11.6. The van der Waals surface area contributed by atoms with E-state index in [1.807, 2.05) is 47.7 Å². The van der Waals surface area contributed by atoms with Gasteiger partial charge >= 0.3 is 0 Å². The maximum absolute atomic E-state index is 5.34. The highest BCUT2D eigenvalue weighted by molar-refractivity contribution is 7.25. The van der Waals surface area contributed by atoms with E-state index in [0.29, 0.717) is 17.5 Å². The third-order valence-corrected chi connectivity index (χ3v) is 13.5. The van der Waals surface area contributed by atoms with Crippen LogP contribution in [0.5, 0.6) is 0 Å². The van der Waals surface area contributed by atoms with Gasteiger partial charge in [-0.1, -0.05) is 152 Å². The molecule has 0 aliphatic heterocycles. The van der Waals surface area contributed by atoms with Crippen molar-refractivity contribution in [3.05, 3.63) is 212 Å². The van der Waals surface area contributed by atoms with E-state index >= 15 is 0 Å². The number of nitrogens with zero attached hydrogens (tertiary/aromatic N) is 5. The van der Waals surface area contributed by atoms with Crippen molar-refractivity contribution in [1.82, 2.24) is 24.1 Å². The second kappa shape index (κ2) is 14.2. The van der Waals surface area contributed by atoms with Crippen LogP contribution in [0.4, 0.5) is 0 Å². The van der Waals surface area contributed by atoms with Crippen LogP contribution in [0.15, 0.2) is 212 Å². The van der Waals surface area contributed by atoms with Crippen molar-refractivity contribution < 1.29 is 0 Å². The molecular formula is C57H35N5S. The van der Waals surface area contributed by atoms with Crippen molar-refractivity contribution in [2.75, 3.05) is 0 Å². The molecule has 0 unspecified atom stereocenters. The summed E-state index contributed by atoms with van der Waals surface area (Å²) in [6.45, 7) is 0. The molecule has 0 bridgehead atoms. The predicted molar refractivity (Wildman–Crippen MR) is 263 cm³/mol. The van der Waals surface area contributed by atoms with Gasteiger partial charge < -0.3 is 9.13 Å². The number of benzene rings is 9. The Morgan fingerprint density at radius 3 is 1.44 bits per heavy atom. The summed E-state index contributed by atoms with van der Waals surface area (Å²) in [5, 5.41) is 7.36. The summed E-state index contributed by atoms with van der Waals surface area (Å²) in [6.07, 6.45) is 0. The number of fused-ring (bicyclic) bond motifs is 9. The zero-order valence-electron chi connectivity index (χ0n) is 33.9. The van der Waals surface area contributed by atoms with Crippen LogP contribution in [0.3, 0.4) is 0 Å². The van der Waals surface area contributed by atoms with Gasteiger partial charge in [-0.2, -0.15) is 0 Å². The van der Waals surface area contributed by atoms with E-state index in [0.717, 1.165) is 50.2 Å². The van der Waals surface area contributed by atoms with Crippen molar-refractivity contribution >= 4 is 75.1 Å². The molecule has 0 radical (unpaired) electrons. The Kier molecular flexibility index (Phi) is 8.01. The zero-order valence-corrected chi connectivity index (χ0v) is 34.7. The number of para-hydroxylation sites is 3. The number of thiophene rings is 1. The summed E-state index contributed by atoms with van der Waals surface area (Å²) in [7, 11) is 0. The molecule has 0 aliphatic rings. The first-order valence-corrected chi connectivity index (χ1v) is 22.0. The van der Waals surface area contributed by atoms with Gasteiger partial charge in [0.2, 0.25) is 0 Å². The van der Waals surface area contributed by atoms with Crippen molar-refractivity contribution in [3.63, 3.8) is 0 Å². The second-order valence-corrected chi connectivity index (χ2v) is 17.1. The molecule has 13 rings (SSSR count). The summed E-state index contributed by atoms with van der Waals surface area (Å²) < 4.78 is 7.37. The van der Waals surface area contributed by atoms with Gasteiger partial charge in [-0.15, -0.1) is 11.3 Å². The third-order valence-electron chi connectivity index (χ3n) is 12.4. The van der Waals surface area contributed by atoms with E-state index < -0.39 is 0 Å². The minimum atomic E-state index is 0.603. The molecule has 13 aromatic rings. The summed E-state index contributed by atoms with van der Waals surface area (Å²) >= 11 is 1.84. The van der Waals surface area contributed by atoms with Crippen LogP contribution < -0.4 is 0 Å². The van der Waals surface area contributed by atoms with Crippen molar-refractivity contribution in [2.24, 2.45) is 0 Å². The Balaban J connectivity index is 1.11. The quantitative estimate of drug-likeness (QED) is 0.168. The molecule has 4 aromatic heterocycles. The smallest absolute Gasteiger partial charge is 0.166 e. The molecular weight excluding hydrogens is 787 g/mol. The number of rotatable bonds is 6. The first kappa shape index (κ1) is 35.6. The summed E-state index contributed by atoms with van der Waals surface area (Å²) in [4.78, 5) is 15.8. The molecule has 9 aromatic carbocycles. The molecule has 0 amide bonds. The average molecular weight is 822 g/mol.